The van der Waals surface area contributed by atoms with Gasteiger partial charge in [0.15, 0.2) is 0 Å². The standard InChI is InChI=1S/C17H8NS.C11H8N.Ir/c1-2-5-12-10(4-1)11-6-3-7-13-15(11)16-14(19-13)8-9-18-17(12)16;1-2-6-10(7-3-1)11-8-4-5-9-12-11;/h1-4,6-9H;1-6,8-9H;/q2*-1;. The predicted molar refractivity (Wildman–Crippen MR) is 131 cm³/mol. The average Bonchev–Trinajstić information content (AvgIpc) is 3.25. The fourth-order valence-corrected chi connectivity index (χ4v) is 5.24. The van der Waals surface area contributed by atoms with Gasteiger partial charge in [0.25, 0.3) is 0 Å². The molecule has 4 heteroatoms. The van der Waals surface area contributed by atoms with Gasteiger partial charge in [0.05, 0.1) is 0 Å². The summed E-state index contributed by atoms with van der Waals surface area (Å²) < 4.78 is 2.66. The monoisotopic (exact) mass is 605 g/mol. The first-order chi connectivity index (χ1) is 15.4. The van der Waals surface area contributed by atoms with E-state index in [0.29, 0.717) is 0 Å². The molecular weight excluding hydrogens is 589 g/mol. The van der Waals surface area contributed by atoms with E-state index in [1.54, 1.807) is 6.20 Å². The summed E-state index contributed by atoms with van der Waals surface area (Å²) in [4.78, 5) is 8.83. The molecule has 0 aliphatic rings. The van der Waals surface area contributed by atoms with Crippen LogP contribution < -0.4 is 0 Å². The molecule has 0 saturated carbocycles. The minimum Gasteiger partial charge on any atom is -0.305 e. The van der Waals surface area contributed by atoms with E-state index in [2.05, 4.69) is 58.5 Å². The van der Waals surface area contributed by atoms with E-state index in [4.69, 9.17) is 0 Å². The van der Waals surface area contributed by atoms with Crippen LogP contribution in [0.1, 0.15) is 0 Å². The molecule has 0 atom stereocenters. The summed E-state index contributed by atoms with van der Waals surface area (Å²) in [5.74, 6) is 0. The van der Waals surface area contributed by atoms with Gasteiger partial charge in [0.1, 0.15) is 0 Å². The number of pyridine rings is 2. The zero-order valence-corrected chi connectivity index (χ0v) is 20.1. The number of rotatable bonds is 1. The Kier molecular flexibility index (Phi) is 5.67. The number of nitrogens with zero attached hydrogens (tertiary/aromatic N) is 2. The van der Waals surface area contributed by atoms with Crippen molar-refractivity contribution in [2.75, 3.05) is 0 Å². The molecule has 32 heavy (non-hydrogen) atoms. The fourth-order valence-electron chi connectivity index (χ4n) is 4.11. The van der Waals surface area contributed by atoms with Gasteiger partial charge >= 0.3 is 0 Å². The molecule has 4 aromatic carbocycles. The van der Waals surface area contributed by atoms with Crippen molar-refractivity contribution in [3.63, 3.8) is 0 Å². The van der Waals surface area contributed by atoms with E-state index in [0.717, 1.165) is 22.2 Å². The van der Waals surface area contributed by atoms with Crippen LogP contribution in [0.4, 0.5) is 0 Å². The first-order valence-electron chi connectivity index (χ1n) is 10.1. The second-order valence-electron chi connectivity index (χ2n) is 7.26. The van der Waals surface area contributed by atoms with Crippen LogP contribution in [0.25, 0.3) is 53.1 Å². The zero-order chi connectivity index (χ0) is 20.6. The van der Waals surface area contributed by atoms with Crippen molar-refractivity contribution >= 4 is 53.2 Å². The third-order valence-corrected chi connectivity index (χ3v) is 6.56. The SMILES string of the molecule is [Ir].[c-]1cccc2c1c1nccc3sc4cccc2c4c31.[c-]1ccccc1-c1ccccn1. The molecule has 0 N–H and O–H groups in total. The van der Waals surface area contributed by atoms with Crippen molar-refractivity contribution in [2.24, 2.45) is 0 Å². The molecular formula is C28H16IrN2S-2. The third-order valence-electron chi connectivity index (χ3n) is 5.44. The number of aromatic nitrogens is 2. The molecule has 0 aliphatic heterocycles. The van der Waals surface area contributed by atoms with Gasteiger partial charge in [0.2, 0.25) is 0 Å². The molecule has 0 amide bonds. The normalized spacial score (nSPS) is 10.9. The molecule has 0 fully saturated rings. The van der Waals surface area contributed by atoms with Crippen molar-refractivity contribution in [1.29, 1.82) is 0 Å². The van der Waals surface area contributed by atoms with Gasteiger partial charge in [-0.25, -0.2) is 0 Å². The summed E-state index contributed by atoms with van der Waals surface area (Å²) in [7, 11) is 0. The second-order valence-corrected chi connectivity index (χ2v) is 8.35. The van der Waals surface area contributed by atoms with E-state index in [9.17, 15) is 0 Å². The molecule has 3 heterocycles. The molecule has 0 spiro atoms. The third kappa shape index (κ3) is 3.47. The van der Waals surface area contributed by atoms with Gasteiger partial charge in [-0.2, -0.15) is 0 Å². The summed E-state index contributed by atoms with van der Waals surface area (Å²) in [6, 6.07) is 35.0. The van der Waals surface area contributed by atoms with E-state index in [-0.39, 0.29) is 20.1 Å². The quantitative estimate of drug-likeness (QED) is 0.143. The van der Waals surface area contributed by atoms with E-state index >= 15 is 0 Å². The molecule has 1 radical (unpaired) electrons. The van der Waals surface area contributed by atoms with Crippen LogP contribution >= 0.6 is 11.3 Å². The van der Waals surface area contributed by atoms with Crippen molar-refractivity contribution in [1.82, 2.24) is 9.97 Å². The Hall–Kier alpha value is -3.17. The second kappa shape index (κ2) is 8.76. The van der Waals surface area contributed by atoms with Crippen molar-refractivity contribution in [3.8, 4) is 11.3 Å². The summed E-state index contributed by atoms with van der Waals surface area (Å²) in [6.45, 7) is 0. The largest absolute Gasteiger partial charge is 0.305 e. The molecule has 0 aliphatic carbocycles. The van der Waals surface area contributed by atoms with Crippen LogP contribution in [0.2, 0.25) is 0 Å². The van der Waals surface area contributed by atoms with Gasteiger partial charge in [-0.3, -0.25) is 0 Å². The van der Waals surface area contributed by atoms with Gasteiger partial charge in [-0.05, 0) is 40.2 Å². The number of thiophene rings is 1. The maximum Gasteiger partial charge on any atom is 0.0345 e. The number of benzene rings is 4. The average molecular weight is 605 g/mol. The van der Waals surface area contributed by atoms with Crippen LogP contribution in [0.15, 0.2) is 97.3 Å². The van der Waals surface area contributed by atoms with Crippen molar-refractivity contribution < 1.29 is 20.1 Å². The first kappa shape index (κ1) is 20.7. The van der Waals surface area contributed by atoms with Crippen LogP contribution in [-0.2, 0) is 20.1 Å². The Bertz CT molecular complexity index is 1500. The zero-order valence-electron chi connectivity index (χ0n) is 16.9. The maximum absolute atomic E-state index is 4.61. The Morgan fingerprint density at radius 1 is 0.625 bits per heavy atom. The van der Waals surface area contributed by atoms with Crippen LogP contribution in [0, 0.1) is 12.1 Å². The van der Waals surface area contributed by atoms with Gasteiger partial charge < -0.3 is 9.97 Å². The molecule has 7 aromatic rings. The number of hydrogen-bond donors (Lipinski definition) is 0. The summed E-state index contributed by atoms with van der Waals surface area (Å²) in [5, 5.41) is 6.35. The number of hydrogen-bond acceptors (Lipinski definition) is 3. The Morgan fingerprint density at radius 3 is 2.31 bits per heavy atom. The number of fused-ring (bicyclic) bond motifs is 3. The summed E-state index contributed by atoms with van der Waals surface area (Å²) in [5.41, 5.74) is 3.09. The van der Waals surface area contributed by atoms with Gasteiger partial charge in [-0.15, -0.1) is 76.9 Å². The summed E-state index contributed by atoms with van der Waals surface area (Å²) >= 11 is 1.85. The van der Waals surface area contributed by atoms with Crippen LogP contribution in [-0.4, -0.2) is 9.97 Å². The Morgan fingerprint density at radius 2 is 1.47 bits per heavy atom. The molecule has 2 nitrogen and oxygen atoms in total. The Labute approximate surface area is 203 Å². The topological polar surface area (TPSA) is 25.8 Å². The van der Waals surface area contributed by atoms with E-state index < -0.39 is 0 Å². The minimum absolute atomic E-state index is 0. The molecule has 3 aromatic heterocycles. The first-order valence-corrected chi connectivity index (χ1v) is 10.9. The predicted octanol–water partition coefficient (Wildman–Crippen LogP) is 7.54. The van der Waals surface area contributed by atoms with Crippen molar-refractivity contribution in [3.05, 3.63) is 109 Å². The van der Waals surface area contributed by atoms with Gasteiger partial charge in [0, 0.05) is 41.9 Å². The van der Waals surface area contributed by atoms with Crippen molar-refractivity contribution in [2.45, 2.75) is 0 Å². The van der Waals surface area contributed by atoms with E-state index in [1.807, 2.05) is 66.1 Å². The van der Waals surface area contributed by atoms with Crippen LogP contribution in [0.3, 0.4) is 0 Å². The van der Waals surface area contributed by atoms with E-state index in [1.165, 1.54) is 30.9 Å². The molecule has 7 rings (SSSR count). The Balaban J connectivity index is 0.000000145. The maximum atomic E-state index is 4.61. The minimum atomic E-state index is 0. The molecule has 0 saturated heterocycles. The molecule has 0 unspecified atom stereocenters. The molecule has 0 bridgehead atoms. The molecule has 155 valence electrons. The van der Waals surface area contributed by atoms with Gasteiger partial charge in [-0.1, -0.05) is 35.0 Å². The smallest absolute Gasteiger partial charge is 0.0345 e. The fraction of sp³-hybridized carbons (Fsp3) is 0. The van der Waals surface area contributed by atoms with Crippen LogP contribution in [0.5, 0.6) is 0 Å². The summed E-state index contributed by atoms with van der Waals surface area (Å²) in [6.07, 6.45) is 3.69.